The number of nitrogens with two attached hydrogens (primary N) is 1. The summed E-state index contributed by atoms with van der Waals surface area (Å²) in [4.78, 5) is 2.15. The zero-order valence-electron chi connectivity index (χ0n) is 9.75. The lowest BCUT2D eigenvalue weighted by molar-refractivity contribution is 0.107. The van der Waals surface area contributed by atoms with Crippen LogP contribution in [0.15, 0.2) is 24.3 Å². The van der Waals surface area contributed by atoms with Crippen molar-refractivity contribution in [2.45, 2.75) is 25.6 Å². The molecule has 88 valence electrons. The van der Waals surface area contributed by atoms with Crippen molar-refractivity contribution in [2.24, 2.45) is 5.73 Å². The van der Waals surface area contributed by atoms with E-state index in [4.69, 9.17) is 5.73 Å². The van der Waals surface area contributed by atoms with Crippen LogP contribution in [0.25, 0.3) is 0 Å². The third-order valence-corrected chi connectivity index (χ3v) is 3.19. The highest BCUT2D eigenvalue weighted by Crippen LogP contribution is 2.21. The molecule has 0 spiro atoms. The molecule has 1 aliphatic heterocycles. The maximum absolute atomic E-state index is 13.8. The highest BCUT2D eigenvalue weighted by molar-refractivity contribution is 5.29. The molecule has 3 heteroatoms. The summed E-state index contributed by atoms with van der Waals surface area (Å²) in [5.41, 5.74) is 6.86. The van der Waals surface area contributed by atoms with Crippen LogP contribution in [0.2, 0.25) is 0 Å². The summed E-state index contributed by atoms with van der Waals surface area (Å²) in [5.74, 6) is 0. The number of fused-ring (bicyclic) bond motifs is 1. The monoisotopic (exact) mass is 222 g/mol. The molecule has 1 aromatic carbocycles. The van der Waals surface area contributed by atoms with Crippen molar-refractivity contribution in [1.29, 1.82) is 0 Å². The van der Waals surface area contributed by atoms with Gasteiger partial charge < -0.3 is 5.73 Å². The van der Waals surface area contributed by atoms with Crippen LogP contribution in [-0.2, 0) is 13.0 Å². The van der Waals surface area contributed by atoms with Gasteiger partial charge in [-0.15, -0.1) is 0 Å². The van der Waals surface area contributed by atoms with E-state index >= 15 is 0 Å². The van der Waals surface area contributed by atoms with Crippen LogP contribution in [0.5, 0.6) is 0 Å². The van der Waals surface area contributed by atoms with Crippen LogP contribution in [0.1, 0.15) is 18.1 Å². The summed E-state index contributed by atoms with van der Waals surface area (Å²) >= 11 is 0. The minimum absolute atomic E-state index is 0.0884. The van der Waals surface area contributed by atoms with Crippen molar-refractivity contribution in [3.8, 4) is 0 Å². The number of halogens is 1. The van der Waals surface area contributed by atoms with Gasteiger partial charge in [0.1, 0.15) is 5.67 Å². The van der Waals surface area contributed by atoms with Crippen molar-refractivity contribution in [1.82, 2.24) is 4.90 Å². The van der Waals surface area contributed by atoms with E-state index in [0.29, 0.717) is 6.54 Å². The largest absolute Gasteiger partial charge is 0.327 e. The molecule has 0 bridgehead atoms. The Bertz CT molecular complexity index is 363. The fraction of sp³-hybridized carbons (Fsp3) is 0.538. The molecule has 0 aromatic heterocycles. The van der Waals surface area contributed by atoms with Gasteiger partial charge in [0, 0.05) is 26.2 Å². The third-order valence-electron chi connectivity index (χ3n) is 3.19. The molecule has 1 aliphatic rings. The van der Waals surface area contributed by atoms with Gasteiger partial charge in [-0.1, -0.05) is 24.3 Å². The quantitative estimate of drug-likeness (QED) is 0.844. The van der Waals surface area contributed by atoms with Crippen molar-refractivity contribution in [2.75, 3.05) is 19.6 Å². The number of alkyl halides is 1. The van der Waals surface area contributed by atoms with Crippen LogP contribution in [0, 0.1) is 0 Å². The molecule has 2 rings (SSSR count). The second-order valence-electron chi connectivity index (χ2n) is 4.85. The zero-order valence-corrected chi connectivity index (χ0v) is 9.75. The van der Waals surface area contributed by atoms with Gasteiger partial charge in [-0.05, 0) is 24.5 Å². The number of hydrogen-bond donors (Lipinski definition) is 1. The fourth-order valence-corrected chi connectivity index (χ4v) is 2.22. The first-order valence-electron chi connectivity index (χ1n) is 5.79. The highest BCUT2D eigenvalue weighted by atomic mass is 19.1. The Balaban J connectivity index is 2.03. The topological polar surface area (TPSA) is 29.3 Å². The van der Waals surface area contributed by atoms with Crippen LogP contribution in [-0.4, -0.2) is 30.2 Å². The summed E-state index contributed by atoms with van der Waals surface area (Å²) in [5, 5.41) is 0. The normalized spacial score (nSPS) is 20.2. The van der Waals surface area contributed by atoms with Gasteiger partial charge in [-0.2, -0.15) is 0 Å². The Morgan fingerprint density at radius 1 is 1.38 bits per heavy atom. The van der Waals surface area contributed by atoms with Crippen molar-refractivity contribution in [3.63, 3.8) is 0 Å². The molecule has 1 heterocycles. The molecule has 2 nitrogen and oxygen atoms in total. The maximum Gasteiger partial charge on any atom is 0.133 e. The summed E-state index contributed by atoms with van der Waals surface area (Å²) < 4.78 is 13.8. The molecule has 0 aliphatic carbocycles. The predicted octanol–water partition coefficient (Wildman–Crippen LogP) is 1.73. The first-order chi connectivity index (χ1) is 7.61. The van der Waals surface area contributed by atoms with Gasteiger partial charge in [-0.3, -0.25) is 4.90 Å². The predicted molar refractivity (Wildman–Crippen MR) is 64.0 cm³/mol. The standard InChI is InChI=1S/C13H19FN2/c1-13(14,9-15)10-16-7-6-11-4-2-3-5-12(11)8-16/h2-5H,6-10,15H2,1H3. The summed E-state index contributed by atoms with van der Waals surface area (Å²) in [6, 6.07) is 8.39. The van der Waals surface area contributed by atoms with Gasteiger partial charge in [-0.25, -0.2) is 4.39 Å². The number of benzene rings is 1. The summed E-state index contributed by atoms with van der Waals surface area (Å²) in [7, 11) is 0. The lowest BCUT2D eigenvalue weighted by Crippen LogP contribution is -2.44. The van der Waals surface area contributed by atoms with E-state index in [0.717, 1.165) is 19.5 Å². The van der Waals surface area contributed by atoms with E-state index in [1.165, 1.54) is 11.1 Å². The molecule has 1 unspecified atom stereocenters. The fourth-order valence-electron chi connectivity index (χ4n) is 2.22. The van der Waals surface area contributed by atoms with Gasteiger partial charge in [0.05, 0.1) is 0 Å². The second-order valence-corrected chi connectivity index (χ2v) is 4.85. The van der Waals surface area contributed by atoms with E-state index in [1.807, 2.05) is 6.07 Å². The number of hydrogen-bond acceptors (Lipinski definition) is 2. The van der Waals surface area contributed by atoms with E-state index in [9.17, 15) is 4.39 Å². The minimum Gasteiger partial charge on any atom is -0.327 e. The smallest absolute Gasteiger partial charge is 0.133 e. The average molecular weight is 222 g/mol. The first-order valence-corrected chi connectivity index (χ1v) is 5.79. The zero-order chi connectivity index (χ0) is 11.6. The third kappa shape index (κ3) is 2.60. The molecule has 16 heavy (non-hydrogen) atoms. The highest BCUT2D eigenvalue weighted by Gasteiger charge is 2.26. The van der Waals surface area contributed by atoms with Crippen LogP contribution in [0.4, 0.5) is 4.39 Å². The SMILES string of the molecule is CC(F)(CN)CN1CCc2ccccc2C1. The molecule has 0 fully saturated rings. The molecule has 2 N–H and O–H groups in total. The van der Waals surface area contributed by atoms with Crippen LogP contribution < -0.4 is 5.73 Å². The Morgan fingerprint density at radius 2 is 2.06 bits per heavy atom. The Kier molecular flexibility index (Phi) is 3.26. The van der Waals surface area contributed by atoms with Gasteiger partial charge in [0.2, 0.25) is 0 Å². The van der Waals surface area contributed by atoms with Gasteiger partial charge >= 0.3 is 0 Å². The summed E-state index contributed by atoms with van der Waals surface area (Å²) in [6.45, 7) is 3.86. The van der Waals surface area contributed by atoms with E-state index in [1.54, 1.807) is 6.92 Å². The first kappa shape index (κ1) is 11.6. The Labute approximate surface area is 96.2 Å². The van der Waals surface area contributed by atoms with Crippen molar-refractivity contribution in [3.05, 3.63) is 35.4 Å². The van der Waals surface area contributed by atoms with Crippen LogP contribution >= 0.6 is 0 Å². The minimum atomic E-state index is -1.27. The Hall–Kier alpha value is -0.930. The molecule has 0 radical (unpaired) electrons. The van der Waals surface area contributed by atoms with Gasteiger partial charge in [0.15, 0.2) is 0 Å². The number of rotatable bonds is 3. The van der Waals surface area contributed by atoms with E-state index in [-0.39, 0.29) is 6.54 Å². The number of nitrogens with zero attached hydrogens (tertiary/aromatic N) is 1. The van der Waals surface area contributed by atoms with Gasteiger partial charge in [0.25, 0.3) is 0 Å². The molecule has 1 atom stereocenters. The second kappa shape index (κ2) is 4.52. The Morgan fingerprint density at radius 3 is 2.75 bits per heavy atom. The lowest BCUT2D eigenvalue weighted by Gasteiger charge is -2.32. The molecule has 0 amide bonds. The van der Waals surface area contributed by atoms with Crippen molar-refractivity contribution >= 4 is 0 Å². The molecule has 0 saturated carbocycles. The molecule has 0 saturated heterocycles. The van der Waals surface area contributed by atoms with Crippen LogP contribution in [0.3, 0.4) is 0 Å². The van der Waals surface area contributed by atoms with E-state index in [2.05, 4.69) is 23.1 Å². The van der Waals surface area contributed by atoms with Crippen molar-refractivity contribution < 1.29 is 4.39 Å². The summed E-state index contributed by atoms with van der Waals surface area (Å²) in [6.07, 6.45) is 1.01. The average Bonchev–Trinajstić information content (AvgIpc) is 2.28. The molecular formula is C13H19FN2. The molecule has 1 aromatic rings. The maximum atomic E-state index is 13.8. The lowest BCUT2D eigenvalue weighted by atomic mass is 9.98. The van der Waals surface area contributed by atoms with E-state index < -0.39 is 5.67 Å². The molecular weight excluding hydrogens is 203 g/mol.